The number of nitrogens with two attached hydrogens (primary N) is 1. The average Bonchev–Trinajstić information content (AvgIpc) is 3.13. The van der Waals surface area contributed by atoms with Crippen molar-refractivity contribution in [3.8, 4) is 5.75 Å². The van der Waals surface area contributed by atoms with Gasteiger partial charge in [-0.2, -0.15) is 0 Å². The number of methoxy groups -OCH3 is 1. The van der Waals surface area contributed by atoms with E-state index in [1.54, 1.807) is 7.11 Å². The Balaban J connectivity index is 1.61. The summed E-state index contributed by atoms with van der Waals surface area (Å²) in [5.74, 6) is 1.87. The molecule has 1 aliphatic heterocycles. The van der Waals surface area contributed by atoms with E-state index in [1.807, 2.05) is 0 Å². The number of fused-ring (bicyclic) bond motifs is 3. The molecule has 3 heteroatoms. The van der Waals surface area contributed by atoms with Crippen LogP contribution in [0.25, 0.3) is 0 Å². The Hall–Kier alpha value is -1.06. The molecule has 3 nitrogen and oxygen atoms in total. The quantitative estimate of drug-likeness (QED) is 0.883. The van der Waals surface area contributed by atoms with Crippen molar-refractivity contribution in [3.63, 3.8) is 0 Å². The molecule has 4 atom stereocenters. The number of benzene rings is 1. The van der Waals surface area contributed by atoms with Crippen molar-refractivity contribution in [2.45, 2.75) is 43.8 Å². The molecule has 1 heterocycles. The number of likely N-dealkylation sites (tertiary alicyclic amines) is 1. The largest absolute Gasteiger partial charge is 0.497 e. The average molecular weight is 258 g/mol. The first-order valence-corrected chi connectivity index (χ1v) is 7.44. The maximum absolute atomic E-state index is 6.53. The number of piperidine rings is 1. The number of ether oxygens (including phenoxy) is 1. The summed E-state index contributed by atoms with van der Waals surface area (Å²) in [6.45, 7) is 1.27. The van der Waals surface area contributed by atoms with Crippen LogP contribution in [0.15, 0.2) is 18.2 Å². The fourth-order valence-corrected chi connectivity index (χ4v) is 4.45. The van der Waals surface area contributed by atoms with Gasteiger partial charge in [0.1, 0.15) is 5.75 Å². The molecule has 2 bridgehead atoms. The van der Waals surface area contributed by atoms with Crippen molar-refractivity contribution in [2.75, 3.05) is 13.7 Å². The van der Waals surface area contributed by atoms with E-state index in [0.717, 1.165) is 24.1 Å². The lowest BCUT2D eigenvalue weighted by atomic mass is 10.0. The molecule has 3 aliphatic rings. The first-order valence-electron chi connectivity index (χ1n) is 7.44. The summed E-state index contributed by atoms with van der Waals surface area (Å²) in [6.07, 6.45) is 5.34. The van der Waals surface area contributed by atoms with Crippen molar-refractivity contribution in [3.05, 3.63) is 29.3 Å². The molecular formula is C16H22N2O. The third-order valence-electron chi connectivity index (χ3n) is 5.43. The van der Waals surface area contributed by atoms with Crippen LogP contribution in [0.1, 0.15) is 36.4 Å². The van der Waals surface area contributed by atoms with Gasteiger partial charge in [-0.15, -0.1) is 0 Å². The molecule has 0 amide bonds. The minimum Gasteiger partial charge on any atom is -0.497 e. The summed E-state index contributed by atoms with van der Waals surface area (Å²) < 4.78 is 5.33. The van der Waals surface area contributed by atoms with Crippen LogP contribution in [0.3, 0.4) is 0 Å². The number of hydrogen-bond acceptors (Lipinski definition) is 3. The lowest BCUT2D eigenvalue weighted by Crippen LogP contribution is -2.45. The highest BCUT2D eigenvalue weighted by atomic mass is 16.5. The van der Waals surface area contributed by atoms with Gasteiger partial charge in [-0.1, -0.05) is 6.07 Å². The normalized spacial score (nSPS) is 36.7. The topological polar surface area (TPSA) is 38.5 Å². The third-order valence-corrected chi connectivity index (χ3v) is 5.43. The lowest BCUT2D eigenvalue weighted by molar-refractivity contribution is 0.136. The molecule has 1 aromatic carbocycles. The summed E-state index contributed by atoms with van der Waals surface area (Å²) in [4.78, 5) is 2.70. The molecular weight excluding hydrogens is 236 g/mol. The summed E-state index contributed by atoms with van der Waals surface area (Å²) in [5.41, 5.74) is 9.24. The van der Waals surface area contributed by atoms with Gasteiger partial charge in [0.25, 0.3) is 0 Å². The van der Waals surface area contributed by atoms with E-state index in [1.165, 1.54) is 36.9 Å². The number of nitrogens with zero attached hydrogens (tertiary/aromatic N) is 1. The smallest absolute Gasteiger partial charge is 0.119 e. The predicted octanol–water partition coefficient (Wildman–Crippen LogP) is 2.10. The second-order valence-electron chi connectivity index (χ2n) is 6.39. The maximum atomic E-state index is 6.53. The fourth-order valence-electron chi connectivity index (χ4n) is 4.45. The SMILES string of the molecule is COc1ccc2c(c1)C(N)C(N1CC3CCC1C3)C2. The Bertz CT molecular complexity index is 502. The molecule has 0 radical (unpaired) electrons. The van der Waals surface area contributed by atoms with Crippen molar-refractivity contribution >= 4 is 0 Å². The second-order valence-corrected chi connectivity index (χ2v) is 6.39. The first kappa shape index (κ1) is 11.7. The van der Waals surface area contributed by atoms with Gasteiger partial charge >= 0.3 is 0 Å². The zero-order valence-corrected chi connectivity index (χ0v) is 11.5. The Kier molecular flexibility index (Phi) is 2.61. The summed E-state index contributed by atoms with van der Waals surface area (Å²) in [6, 6.07) is 7.86. The second kappa shape index (κ2) is 4.22. The van der Waals surface area contributed by atoms with E-state index < -0.39 is 0 Å². The van der Waals surface area contributed by atoms with E-state index in [4.69, 9.17) is 10.5 Å². The van der Waals surface area contributed by atoms with Crippen LogP contribution < -0.4 is 10.5 Å². The number of hydrogen-bond donors (Lipinski definition) is 1. The van der Waals surface area contributed by atoms with Crippen molar-refractivity contribution in [2.24, 2.45) is 11.7 Å². The Morgan fingerprint density at radius 2 is 2.21 bits per heavy atom. The lowest BCUT2D eigenvalue weighted by Gasteiger charge is -2.35. The highest BCUT2D eigenvalue weighted by Crippen LogP contribution is 2.44. The van der Waals surface area contributed by atoms with Crippen LogP contribution in [0.2, 0.25) is 0 Å². The molecule has 102 valence electrons. The molecule has 1 saturated heterocycles. The maximum Gasteiger partial charge on any atom is 0.119 e. The zero-order valence-electron chi connectivity index (χ0n) is 11.5. The highest BCUT2D eigenvalue weighted by molar-refractivity contribution is 5.42. The summed E-state index contributed by atoms with van der Waals surface area (Å²) >= 11 is 0. The van der Waals surface area contributed by atoms with Gasteiger partial charge in [0.15, 0.2) is 0 Å². The van der Waals surface area contributed by atoms with Gasteiger partial charge in [-0.05, 0) is 54.9 Å². The van der Waals surface area contributed by atoms with Gasteiger partial charge < -0.3 is 10.5 Å². The van der Waals surface area contributed by atoms with Gasteiger partial charge in [0.05, 0.1) is 7.11 Å². The Morgan fingerprint density at radius 3 is 2.89 bits per heavy atom. The third kappa shape index (κ3) is 1.72. The minimum atomic E-state index is 0.157. The van der Waals surface area contributed by atoms with Crippen LogP contribution in [-0.4, -0.2) is 30.6 Å². The Morgan fingerprint density at radius 1 is 1.32 bits per heavy atom. The van der Waals surface area contributed by atoms with Gasteiger partial charge in [0.2, 0.25) is 0 Å². The van der Waals surface area contributed by atoms with E-state index in [0.29, 0.717) is 6.04 Å². The van der Waals surface area contributed by atoms with Crippen LogP contribution >= 0.6 is 0 Å². The molecule has 1 aromatic rings. The molecule has 0 aromatic heterocycles. The molecule has 4 unspecified atom stereocenters. The number of rotatable bonds is 2. The van der Waals surface area contributed by atoms with E-state index in [2.05, 4.69) is 23.1 Å². The molecule has 2 N–H and O–H groups in total. The molecule has 0 spiro atoms. The standard InChI is InChI=1S/C16H22N2O/c1-19-13-5-3-11-7-15(16(17)14(11)8-13)18-9-10-2-4-12(18)6-10/h3,5,8,10,12,15-16H,2,4,6-7,9,17H2,1H3. The fraction of sp³-hybridized carbons (Fsp3) is 0.625. The van der Waals surface area contributed by atoms with Crippen molar-refractivity contribution < 1.29 is 4.74 Å². The van der Waals surface area contributed by atoms with E-state index >= 15 is 0 Å². The Labute approximate surface area is 114 Å². The minimum absolute atomic E-state index is 0.157. The monoisotopic (exact) mass is 258 g/mol. The predicted molar refractivity (Wildman–Crippen MR) is 75.2 cm³/mol. The van der Waals surface area contributed by atoms with Crippen LogP contribution in [0, 0.1) is 5.92 Å². The first-order chi connectivity index (χ1) is 9.26. The van der Waals surface area contributed by atoms with Crippen LogP contribution in [0.4, 0.5) is 0 Å². The van der Waals surface area contributed by atoms with E-state index in [-0.39, 0.29) is 6.04 Å². The van der Waals surface area contributed by atoms with Gasteiger partial charge in [0, 0.05) is 24.7 Å². The van der Waals surface area contributed by atoms with Crippen molar-refractivity contribution in [1.82, 2.24) is 4.90 Å². The summed E-state index contributed by atoms with van der Waals surface area (Å²) in [5, 5.41) is 0. The van der Waals surface area contributed by atoms with Crippen molar-refractivity contribution in [1.29, 1.82) is 0 Å². The van der Waals surface area contributed by atoms with Crippen LogP contribution in [0.5, 0.6) is 5.75 Å². The van der Waals surface area contributed by atoms with Gasteiger partial charge in [-0.3, -0.25) is 4.90 Å². The molecule has 4 rings (SSSR count). The zero-order chi connectivity index (χ0) is 13.0. The highest BCUT2D eigenvalue weighted by Gasteiger charge is 2.45. The molecule has 2 fully saturated rings. The molecule has 19 heavy (non-hydrogen) atoms. The van der Waals surface area contributed by atoms with Gasteiger partial charge in [-0.25, -0.2) is 0 Å². The molecule has 2 aliphatic carbocycles. The van der Waals surface area contributed by atoms with E-state index in [9.17, 15) is 0 Å². The summed E-state index contributed by atoms with van der Waals surface area (Å²) in [7, 11) is 1.72. The van der Waals surface area contributed by atoms with Crippen LogP contribution in [-0.2, 0) is 6.42 Å². The molecule has 1 saturated carbocycles.